The van der Waals surface area contributed by atoms with Crippen LogP contribution >= 0.6 is 0 Å². The fourth-order valence-electron chi connectivity index (χ4n) is 3.18. The number of carbonyl (C=O) groups is 1. The first-order valence-corrected chi connectivity index (χ1v) is 10.0. The number of Topliss-reactive ketones (excluding diaryl/α,β-unsaturated/α-hetero) is 1. The molecule has 0 aromatic heterocycles. The van der Waals surface area contributed by atoms with Crippen molar-refractivity contribution in [2.75, 3.05) is 27.3 Å². The molecule has 168 valence electrons. The molecule has 1 aliphatic heterocycles. The quantitative estimate of drug-likeness (QED) is 0.402. The lowest BCUT2D eigenvalue weighted by Crippen LogP contribution is -2.58. The number of aliphatic hydroxyl groups excluding tert-OH is 1. The van der Waals surface area contributed by atoms with Gasteiger partial charge in [0.2, 0.25) is 0 Å². The Morgan fingerprint density at radius 1 is 0.871 bits per heavy atom. The summed E-state index contributed by atoms with van der Waals surface area (Å²) in [6, 6.07) is 19.2. The normalized spacial score (nSPS) is 23.7. The number of benzene rings is 2. The highest BCUT2D eigenvalue weighted by molar-refractivity contribution is 5.89. The highest BCUT2D eigenvalue weighted by Gasteiger charge is 2.47. The first-order valence-electron chi connectivity index (χ1n) is 10.0. The van der Waals surface area contributed by atoms with Crippen LogP contribution in [0.15, 0.2) is 60.7 Å². The molecule has 0 bridgehead atoms. The van der Waals surface area contributed by atoms with Gasteiger partial charge in [0.1, 0.15) is 25.8 Å². The molecule has 1 heterocycles. The SMILES string of the molecule is CO[C@H]1O[C@H](CO)C(=O)[C@@H](OCOCc2ccccc2)[C@@H]1OCOCc1ccccc1. The molecule has 3 rings (SSSR count). The Bertz CT molecular complexity index is 770. The van der Waals surface area contributed by atoms with Crippen molar-refractivity contribution >= 4 is 5.78 Å². The van der Waals surface area contributed by atoms with Gasteiger partial charge in [-0.2, -0.15) is 0 Å². The predicted octanol–water partition coefficient (Wildman–Crippen LogP) is 2.04. The summed E-state index contributed by atoms with van der Waals surface area (Å²) in [5, 5.41) is 9.49. The predicted molar refractivity (Wildman–Crippen MR) is 110 cm³/mol. The van der Waals surface area contributed by atoms with Crippen LogP contribution in [0.3, 0.4) is 0 Å². The Balaban J connectivity index is 1.54. The monoisotopic (exact) mass is 432 g/mol. The Morgan fingerprint density at radius 2 is 1.42 bits per heavy atom. The average molecular weight is 432 g/mol. The summed E-state index contributed by atoms with van der Waals surface area (Å²) >= 11 is 0. The summed E-state index contributed by atoms with van der Waals surface area (Å²) in [4.78, 5) is 12.7. The van der Waals surface area contributed by atoms with Gasteiger partial charge in [-0.25, -0.2) is 0 Å². The molecule has 8 nitrogen and oxygen atoms in total. The van der Waals surface area contributed by atoms with Crippen LogP contribution in [0.2, 0.25) is 0 Å². The highest BCUT2D eigenvalue weighted by atomic mass is 16.7. The second kappa shape index (κ2) is 12.6. The molecule has 2 aromatic carbocycles. The fraction of sp³-hybridized carbons (Fsp3) is 0.435. The average Bonchev–Trinajstić information content (AvgIpc) is 2.82. The van der Waals surface area contributed by atoms with E-state index >= 15 is 0 Å². The molecule has 0 spiro atoms. The second-order valence-electron chi connectivity index (χ2n) is 6.94. The number of carbonyl (C=O) groups excluding carboxylic acids is 1. The number of hydrogen-bond acceptors (Lipinski definition) is 8. The third-order valence-corrected chi connectivity index (χ3v) is 4.76. The van der Waals surface area contributed by atoms with E-state index < -0.39 is 37.0 Å². The molecule has 4 atom stereocenters. The maximum atomic E-state index is 12.7. The van der Waals surface area contributed by atoms with E-state index in [1.165, 1.54) is 7.11 Å². The van der Waals surface area contributed by atoms with Crippen LogP contribution in [0.4, 0.5) is 0 Å². The number of methoxy groups -OCH3 is 1. The van der Waals surface area contributed by atoms with E-state index in [1.54, 1.807) is 0 Å². The van der Waals surface area contributed by atoms with Gasteiger partial charge in [0.15, 0.2) is 18.2 Å². The minimum atomic E-state index is -1.06. The van der Waals surface area contributed by atoms with Crippen LogP contribution in [0, 0.1) is 0 Å². The topological polar surface area (TPSA) is 92.7 Å². The summed E-state index contributed by atoms with van der Waals surface area (Å²) < 4.78 is 33.3. The lowest BCUT2D eigenvalue weighted by molar-refractivity contribution is -0.285. The molecule has 0 amide bonds. The molecule has 0 unspecified atom stereocenters. The summed E-state index contributed by atoms with van der Waals surface area (Å²) in [5.41, 5.74) is 1.97. The lowest BCUT2D eigenvalue weighted by atomic mass is 10.0. The van der Waals surface area contributed by atoms with Gasteiger partial charge in [0.25, 0.3) is 0 Å². The van der Waals surface area contributed by atoms with Gasteiger partial charge in [-0.15, -0.1) is 0 Å². The Labute approximate surface area is 181 Å². The molecule has 8 heteroatoms. The maximum Gasteiger partial charge on any atom is 0.195 e. The summed E-state index contributed by atoms with van der Waals surface area (Å²) in [5.74, 6) is -0.438. The zero-order chi connectivity index (χ0) is 21.9. The van der Waals surface area contributed by atoms with E-state index in [4.69, 9.17) is 28.4 Å². The Hall–Kier alpha value is -2.17. The van der Waals surface area contributed by atoms with E-state index in [0.29, 0.717) is 13.2 Å². The molecule has 31 heavy (non-hydrogen) atoms. The van der Waals surface area contributed by atoms with Gasteiger partial charge >= 0.3 is 0 Å². The minimum Gasteiger partial charge on any atom is -0.393 e. The van der Waals surface area contributed by atoms with Crippen molar-refractivity contribution in [1.29, 1.82) is 0 Å². The number of rotatable bonds is 12. The molecule has 1 fully saturated rings. The van der Waals surface area contributed by atoms with Crippen LogP contribution in [-0.4, -0.2) is 62.8 Å². The maximum absolute atomic E-state index is 12.7. The smallest absolute Gasteiger partial charge is 0.195 e. The van der Waals surface area contributed by atoms with Gasteiger partial charge < -0.3 is 33.5 Å². The first-order chi connectivity index (χ1) is 15.2. The molecule has 1 saturated heterocycles. The third-order valence-electron chi connectivity index (χ3n) is 4.76. The summed E-state index contributed by atoms with van der Waals surface area (Å²) in [7, 11) is 1.43. The van der Waals surface area contributed by atoms with Gasteiger partial charge in [-0.3, -0.25) is 4.79 Å². The van der Waals surface area contributed by atoms with E-state index in [-0.39, 0.29) is 13.6 Å². The molecule has 1 N–H and O–H groups in total. The molecule has 1 aliphatic rings. The Kier molecular flexibility index (Phi) is 9.57. The van der Waals surface area contributed by atoms with E-state index in [2.05, 4.69) is 0 Å². The van der Waals surface area contributed by atoms with Crippen LogP contribution in [0.5, 0.6) is 0 Å². The van der Waals surface area contributed by atoms with Gasteiger partial charge in [-0.1, -0.05) is 60.7 Å². The van der Waals surface area contributed by atoms with Crippen LogP contribution in [0.1, 0.15) is 11.1 Å². The molecular weight excluding hydrogens is 404 g/mol. The number of ether oxygens (including phenoxy) is 6. The minimum absolute atomic E-state index is 0.0927. The number of hydrogen-bond donors (Lipinski definition) is 1. The Morgan fingerprint density at radius 3 is 1.94 bits per heavy atom. The lowest BCUT2D eigenvalue weighted by Gasteiger charge is -2.38. The number of aliphatic hydroxyl groups is 1. The number of ketones is 1. The third kappa shape index (κ3) is 6.91. The van der Waals surface area contributed by atoms with Gasteiger partial charge in [0.05, 0.1) is 19.8 Å². The van der Waals surface area contributed by atoms with E-state index in [1.807, 2.05) is 60.7 Å². The standard InChI is InChI=1S/C23H28O8/c1-26-23-22(30-16-28-14-18-10-6-3-7-11-18)21(20(25)19(12-24)31-23)29-15-27-13-17-8-4-2-5-9-17/h2-11,19,21-24H,12-16H2,1H3/t19-,21-,22+,23+/m1/s1. The van der Waals surface area contributed by atoms with Crippen molar-refractivity contribution in [2.45, 2.75) is 37.8 Å². The highest BCUT2D eigenvalue weighted by Crippen LogP contribution is 2.24. The molecular formula is C23H28O8. The van der Waals surface area contributed by atoms with Crippen molar-refractivity contribution in [1.82, 2.24) is 0 Å². The fourth-order valence-corrected chi connectivity index (χ4v) is 3.18. The zero-order valence-electron chi connectivity index (χ0n) is 17.4. The van der Waals surface area contributed by atoms with Gasteiger partial charge in [0, 0.05) is 7.11 Å². The van der Waals surface area contributed by atoms with Crippen molar-refractivity contribution < 1.29 is 38.3 Å². The van der Waals surface area contributed by atoms with Crippen LogP contribution in [0.25, 0.3) is 0 Å². The zero-order valence-corrected chi connectivity index (χ0v) is 17.4. The van der Waals surface area contributed by atoms with Crippen molar-refractivity contribution in [2.24, 2.45) is 0 Å². The van der Waals surface area contributed by atoms with Crippen LogP contribution in [-0.2, 0) is 46.4 Å². The van der Waals surface area contributed by atoms with Crippen molar-refractivity contribution in [3.05, 3.63) is 71.8 Å². The summed E-state index contributed by atoms with van der Waals surface area (Å²) in [6.45, 7) is -0.0259. The second-order valence-corrected chi connectivity index (χ2v) is 6.94. The van der Waals surface area contributed by atoms with Crippen molar-refractivity contribution in [3.63, 3.8) is 0 Å². The largest absolute Gasteiger partial charge is 0.393 e. The van der Waals surface area contributed by atoms with E-state index in [0.717, 1.165) is 11.1 Å². The first kappa shape index (κ1) is 23.5. The van der Waals surface area contributed by atoms with Gasteiger partial charge in [-0.05, 0) is 11.1 Å². The molecule has 0 aliphatic carbocycles. The van der Waals surface area contributed by atoms with Crippen LogP contribution < -0.4 is 0 Å². The van der Waals surface area contributed by atoms with Crippen molar-refractivity contribution in [3.8, 4) is 0 Å². The summed E-state index contributed by atoms with van der Waals surface area (Å²) in [6.07, 6.45) is -3.88. The molecule has 2 aromatic rings. The van der Waals surface area contributed by atoms with E-state index in [9.17, 15) is 9.90 Å². The molecule has 0 radical (unpaired) electrons. The molecule has 0 saturated carbocycles.